The second kappa shape index (κ2) is 5.34. The molecule has 0 fully saturated rings. The van der Waals surface area contributed by atoms with Crippen molar-refractivity contribution in [2.75, 3.05) is 0 Å². The standard InChI is InChI=1S/C14H17NOS/c1-10(12-5-7-13(16)8-6-12)15-11(2)14-4-3-9-17-14/h3-11,15-16H,1-2H3. The summed E-state index contributed by atoms with van der Waals surface area (Å²) < 4.78 is 0. The average Bonchev–Trinajstić information content (AvgIpc) is 2.83. The van der Waals surface area contributed by atoms with Gasteiger partial charge < -0.3 is 10.4 Å². The molecule has 2 rings (SSSR count). The molecule has 1 aromatic heterocycles. The fraction of sp³-hybridized carbons (Fsp3) is 0.286. The van der Waals surface area contributed by atoms with Crippen molar-refractivity contribution in [3.63, 3.8) is 0 Å². The molecular formula is C14H17NOS. The number of phenolic OH excluding ortho intramolecular Hbond substituents is 1. The van der Waals surface area contributed by atoms with Crippen molar-refractivity contribution in [1.82, 2.24) is 5.32 Å². The van der Waals surface area contributed by atoms with Crippen molar-refractivity contribution in [2.24, 2.45) is 0 Å². The summed E-state index contributed by atoms with van der Waals surface area (Å²) >= 11 is 1.77. The van der Waals surface area contributed by atoms with Crippen molar-refractivity contribution in [3.8, 4) is 5.75 Å². The Kier molecular flexibility index (Phi) is 3.82. The lowest BCUT2D eigenvalue weighted by atomic mass is 10.1. The highest BCUT2D eigenvalue weighted by Crippen LogP contribution is 2.23. The van der Waals surface area contributed by atoms with Gasteiger partial charge in [0.05, 0.1) is 0 Å². The molecule has 0 amide bonds. The van der Waals surface area contributed by atoms with Gasteiger partial charge in [-0.25, -0.2) is 0 Å². The second-order valence-electron chi connectivity index (χ2n) is 4.22. The molecular weight excluding hydrogens is 230 g/mol. The first-order chi connectivity index (χ1) is 8.16. The number of aromatic hydroxyl groups is 1. The minimum absolute atomic E-state index is 0.271. The summed E-state index contributed by atoms with van der Waals surface area (Å²) in [4.78, 5) is 1.34. The molecule has 90 valence electrons. The van der Waals surface area contributed by atoms with Gasteiger partial charge in [0.1, 0.15) is 5.75 Å². The van der Waals surface area contributed by atoms with E-state index in [2.05, 4.69) is 36.7 Å². The van der Waals surface area contributed by atoms with E-state index in [4.69, 9.17) is 0 Å². The molecule has 3 heteroatoms. The zero-order valence-electron chi connectivity index (χ0n) is 10.1. The van der Waals surface area contributed by atoms with Gasteiger partial charge in [-0.15, -0.1) is 11.3 Å². The zero-order chi connectivity index (χ0) is 12.3. The zero-order valence-corrected chi connectivity index (χ0v) is 10.9. The van der Waals surface area contributed by atoms with Crippen LogP contribution in [0, 0.1) is 0 Å². The molecule has 2 N–H and O–H groups in total. The lowest BCUT2D eigenvalue weighted by Crippen LogP contribution is -2.21. The molecule has 0 saturated carbocycles. The Morgan fingerprint density at radius 1 is 1.06 bits per heavy atom. The van der Waals surface area contributed by atoms with E-state index in [1.807, 2.05) is 12.1 Å². The fourth-order valence-corrected chi connectivity index (χ4v) is 2.60. The van der Waals surface area contributed by atoms with Gasteiger partial charge in [-0.3, -0.25) is 0 Å². The monoisotopic (exact) mass is 247 g/mol. The first-order valence-corrected chi connectivity index (χ1v) is 6.63. The highest BCUT2D eigenvalue weighted by molar-refractivity contribution is 7.10. The highest BCUT2D eigenvalue weighted by Gasteiger charge is 2.11. The van der Waals surface area contributed by atoms with Crippen LogP contribution in [0.5, 0.6) is 5.75 Å². The molecule has 1 aromatic carbocycles. The highest BCUT2D eigenvalue weighted by atomic mass is 32.1. The maximum absolute atomic E-state index is 9.25. The molecule has 0 radical (unpaired) electrons. The van der Waals surface area contributed by atoms with Gasteiger partial charge in [-0.2, -0.15) is 0 Å². The van der Waals surface area contributed by atoms with Crippen LogP contribution in [-0.2, 0) is 0 Å². The molecule has 0 bridgehead atoms. The Bertz CT molecular complexity index is 450. The third kappa shape index (κ3) is 3.08. The third-order valence-corrected chi connectivity index (χ3v) is 3.92. The largest absolute Gasteiger partial charge is 0.508 e. The van der Waals surface area contributed by atoms with E-state index in [0.717, 1.165) is 0 Å². The van der Waals surface area contributed by atoms with E-state index < -0.39 is 0 Å². The lowest BCUT2D eigenvalue weighted by molar-refractivity contribution is 0.472. The van der Waals surface area contributed by atoms with Crippen molar-refractivity contribution >= 4 is 11.3 Å². The molecule has 0 aliphatic carbocycles. The van der Waals surface area contributed by atoms with E-state index in [9.17, 15) is 5.11 Å². The number of thiophene rings is 1. The minimum Gasteiger partial charge on any atom is -0.508 e. The van der Waals surface area contributed by atoms with Crippen LogP contribution in [0.2, 0.25) is 0 Å². The number of rotatable bonds is 4. The van der Waals surface area contributed by atoms with Crippen molar-refractivity contribution in [1.29, 1.82) is 0 Å². The van der Waals surface area contributed by atoms with Gasteiger partial charge in [-0.05, 0) is 43.0 Å². The Morgan fingerprint density at radius 3 is 2.35 bits per heavy atom. The predicted molar refractivity (Wildman–Crippen MR) is 72.4 cm³/mol. The van der Waals surface area contributed by atoms with E-state index in [1.165, 1.54) is 10.4 Å². The van der Waals surface area contributed by atoms with Crippen LogP contribution in [0.15, 0.2) is 41.8 Å². The van der Waals surface area contributed by atoms with Gasteiger partial charge >= 0.3 is 0 Å². The number of hydrogen-bond donors (Lipinski definition) is 2. The van der Waals surface area contributed by atoms with E-state index in [0.29, 0.717) is 11.8 Å². The van der Waals surface area contributed by atoms with Gasteiger partial charge in [0.25, 0.3) is 0 Å². The topological polar surface area (TPSA) is 32.3 Å². The number of benzene rings is 1. The average molecular weight is 247 g/mol. The minimum atomic E-state index is 0.271. The van der Waals surface area contributed by atoms with Gasteiger partial charge in [0.15, 0.2) is 0 Å². The first-order valence-electron chi connectivity index (χ1n) is 5.75. The maximum atomic E-state index is 9.25. The number of nitrogens with one attached hydrogen (secondary N) is 1. The molecule has 0 spiro atoms. The van der Waals surface area contributed by atoms with Gasteiger partial charge in [-0.1, -0.05) is 18.2 Å². The summed E-state index contributed by atoms with van der Waals surface area (Å²) in [6, 6.07) is 12.2. The lowest BCUT2D eigenvalue weighted by Gasteiger charge is -2.19. The number of phenols is 1. The van der Waals surface area contributed by atoms with Crippen LogP contribution in [0.1, 0.15) is 36.4 Å². The molecule has 2 atom stereocenters. The fourth-order valence-electron chi connectivity index (χ4n) is 1.85. The van der Waals surface area contributed by atoms with Crippen molar-refractivity contribution in [3.05, 3.63) is 52.2 Å². The summed E-state index contributed by atoms with van der Waals surface area (Å²) in [5.41, 5.74) is 1.19. The molecule has 1 heterocycles. The van der Waals surface area contributed by atoms with Crippen LogP contribution in [0.25, 0.3) is 0 Å². The molecule has 17 heavy (non-hydrogen) atoms. The molecule has 0 aliphatic heterocycles. The quantitative estimate of drug-likeness (QED) is 0.859. The normalized spacial score (nSPS) is 14.5. The van der Waals surface area contributed by atoms with Crippen LogP contribution < -0.4 is 5.32 Å². The van der Waals surface area contributed by atoms with Gasteiger partial charge in [0, 0.05) is 17.0 Å². The summed E-state index contributed by atoms with van der Waals surface area (Å²) in [5.74, 6) is 0.312. The molecule has 0 saturated heterocycles. The maximum Gasteiger partial charge on any atom is 0.115 e. The van der Waals surface area contributed by atoms with E-state index in [1.54, 1.807) is 23.5 Å². The van der Waals surface area contributed by atoms with Crippen LogP contribution in [0.3, 0.4) is 0 Å². The van der Waals surface area contributed by atoms with Gasteiger partial charge in [0.2, 0.25) is 0 Å². The Balaban J connectivity index is 2.01. The Labute approximate surface area is 106 Å². The van der Waals surface area contributed by atoms with Crippen LogP contribution in [-0.4, -0.2) is 5.11 Å². The van der Waals surface area contributed by atoms with Crippen molar-refractivity contribution in [2.45, 2.75) is 25.9 Å². The summed E-state index contributed by atoms with van der Waals surface area (Å²) in [6.07, 6.45) is 0. The first kappa shape index (κ1) is 12.1. The molecule has 0 aliphatic rings. The van der Waals surface area contributed by atoms with Crippen molar-refractivity contribution < 1.29 is 5.11 Å². The molecule has 2 aromatic rings. The summed E-state index contributed by atoms with van der Waals surface area (Å²) in [7, 11) is 0. The van der Waals surface area contributed by atoms with Crippen LogP contribution >= 0.6 is 11.3 Å². The molecule has 2 nitrogen and oxygen atoms in total. The Hall–Kier alpha value is -1.32. The third-order valence-electron chi connectivity index (χ3n) is 2.86. The Morgan fingerprint density at radius 2 is 1.76 bits per heavy atom. The predicted octanol–water partition coefficient (Wildman–Crippen LogP) is 3.87. The summed E-state index contributed by atoms with van der Waals surface area (Å²) in [5, 5.41) is 14.9. The van der Waals surface area contributed by atoms with Crippen LogP contribution in [0.4, 0.5) is 0 Å². The number of hydrogen-bond acceptors (Lipinski definition) is 3. The van der Waals surface area contributed by atoms with E-state index in [-0.39, 0.29) is 6.04 Å². The van der Waals surface area contributed by atoms with E-state index >= 15 is 0 Å². The second-order valence-corrected chi connectivity index (χ2v) is 5.20. The summed E-state index contributed by atoms with van der Waals surface area (Å²) in [6.45, 7) is 4.30. The SMILES string of the molecule is CC(NC(C)c1cccs1)c1ccc(O)cc1. The smallest absolute Gasteiger partial charge is 0.115 e. The molecule has 2 unspecified atom stereocenters.